The molecule has 4 heteroatoms. The molecule has 0 aromatic carbocycles. The average molecular weight is 241 g/mol. The molecule has 80 valence electrons. The predicted octanol–water partition coefficient (Wildman–Crippen LogP) is 3.28. The maximum atomic E-state index is 8.59. The molecule has 0 radical (unpaired) electrons. The fourth-order valence-corrected chi connectivity index (χ4v) is 2.77. The van der Waals surface area contributed by atoms with Gasteiger partial charge in [0.2, 0.25) is 0 Å². The van der Waals surface area contributed by atoms with Gasteiger partial charge < -0.3 is 0 Å². The summed E-state index contributed by atoms with van der Waals surface area (Å²) in [7, 11) is 0. The Balaban J connectivity index is 1.91. The van der Waals surface area contributed by atoms with Gasteiger partial charge in [0.15, 0.2) is 0 Å². The molecule has 0 amide bonds. The van der Waals surface area contributed by atoms with Gasteiger partial charge in [-0.2, -0.15) is 5.26 Å². The summed E-state index contributed by atoms with van der Waals surface area (Å²) in [5.74, 6) is 0. The molecule has 1 aromatic heterocycles. The molecule has 1 saturated carbocycles. The van der Waals surface area contributed by atoms with Crippen molar-refractivity contribution in [3.05, 3.63) is 21.3 Å². The van der Waals surface area contributed by atoms with Crippen LogP contribution in [0.3, 0.4) is 0 Å². The third-order valence-electron chi connectivity index (χ3n) is 2.56. The van der Waals surface area contributed by atoms with Crippen molar-refractivity contribution in [2.24, 2.45) is 0 Å². The van der Waals surface area contributed by atoms with Crippen molar-refractivity contribution in [3.63, 3.8) is 0 Å². The summed E-state index contributed by atoms with van der Waals surface area (Å²) in [4.78, 5) is 3.69. The number of nitriles is 1. The largest absolute Gasteiger partial charge is 0.294 e. The highest BCUT2D eigenvalue weighted by Crippen LogP contribution is 2.30. The van der Waals surface area contributed by atoms with Crippen LogP contribution >= 0.6 is 22.9 Å². The normalized spacial score (nSPS) is 15.5. The first kappa shape index (κ1) is 10.9. The zero-order chi connectivity index (χ0) is 10.7. The molecule has 1 heterocycles. The van der Waals surface area contributed by atoms with E-state index in [2.05, 4.69) is 17.0 Å². The van der Waals surface area contributed by atoms with Crippen molar-refractivity contribution in [2.45, 2.75) is 31.8 Å². The Kier molecular flexibility index (Phi) is 3.63. The monoisotopic (exact) mass is 240 g/mol. The molecule has 0 aliphatic heterocycles. The van der Waals surface area contributed by atoms with E-state index in [1.807, 2.05) is 6.07 Å². The Morgan fingerprint density at radius 3 is 2.87 bits per heavy atom. The molecule has 0 N–H and O–H groups in total. The van der Waals surface area contributed by atoms with Crippen LogP contribution in [0.1, 0.15) is 24.1 Å². The highest BCUT2D eigenvalue weighted by atomic mass is 35.5. The molecular formula is C11H13ClN2S. The molecule has 1 aromatic rings. The number of hydrogen-bond donors (Lipinski definition) is 0. The third kappa shape index (κ3) is 3.20. The van der Waals surface area contributed by atoms with E-state index in [-0.39, 0.29) is 0 Å². The van der Waals surface area contributed by atoms with E-state index in [1.165, 1.54) is 17.7 Å². The second-order valence-electron chi connectivity index (χ2n) is 3.82. The standard InChI is InChI=1S/C11H13ClN2S/c12-11-5-4-10(15-11)8-14(7-1-6-13)9-2-3-9/h4-5,9H,1-3,7-8H2. The van der Waals surface area contributed by atoms with Crippen LogP contribution in [-0.4, -0.2) is 17.5 Å². The fraction of sp³-hybridized carbons (Fsp3) is 0.545. The van der Waals surface area contributed by atoms with Crippen LogP contribution in [0, 0.1) is 11.3 Å². The van der Waals surface area contributed by atoms with Gasteiger partial charge in [0.1, 0.15) is 0 Å². The molecule has 0 spiro atoms. The van der Waals surface area contributed by atoms with Crippen molar-refractivity contribution in [1.29, 1.82) is 5.26 Å². The van der Waals surface area contributed by atoms with Crippen LogP contribution in [0.2, 0.25) is 4.34 Å². The Labute approximate surface area is 99.1 Å². The van der Waals surface area contributed by atoms with Crippen LogP contribution in [0.5, 0.6) is 0 Å². The zero-order valence-electron chi connectivity index (χ0n) is 8.45. The van der Waals surface area contributed by atoms with Crippen LogP contribution in [0.25, 0.3) is 0 Å². The summed E-state index contributed by atoms with van der Waals surface area (Å²) in [6.07, 6.45) is 3.19. The molecule has 15 heavy (non-hydrogen) atoms. The van der Waals surface area contributed by atoms with Gasteiger partial charge in [-0.3, -0.25) is 4.90 Å². The van der Waals surface area contributed by atoms with Gasteiger partial charge in [0.25, 0.3) is 0 Å². The first-order valence-corrected chi connectivity index (χ1v) is 6.34. The highest BCUT2D eigenvalue weighted by Gasteiger charge is 2.28. The minimum atomic E-state index is 0.621. The van der Waals surface area contributed by atoms with Gasteiger partial charge in [-0.25, -0.2) is 0 Å². The first-order chi connectivity index (χ1) is 7.29. The fourth-order valence-electron chi connectivity index (χ4n) is 1.66. The minimum Gasteiger partial charge on any atom is -0.294 e. The molecule has 2 rings (SSSR count). The van der Waals surface area contributed by atoms with Gasteiger partial charge in [0, 0.05) is 30.4 Å². The molecule has 2 nitrogen and oxygen atoms in total. The van der Waals surface area contributed by atoms with Crippen LogP contribution in [-0.2, 0) is 6.54 Å². The Hall–Kier alpha value is -0.560. The summed E-state index contributed by atoms with van der Waals surface area (Å²) in [6, 6.07) is 6.93. The van der Waals surface area contributed by atoms with E-state index >= 15 is 0 Å². The van der Waals surface area contributed by atoms with Crippen molar-refractivity contribution < 1.29 is 0 Å². The highest BCUT2D eigenvalue weighted by molar-refractivity contribution is 7.16. The molecule has 0 unspecified atom stereocenters. The smallest absolute Gasteiger partial charge is 0.0931 e. The lowest BCUT2D eigenvalue weighted by atomic mass is 10.3. The third-order valence-corrected chi connectivity index (χ3v) is 3.78. The first-order valence-electron chi connectivity index (χ1n) is 5.15. The number of hydrogen-bond acceptors (Lipinski definition) is 3. The Bertz CT molecular complexity index is 365. The molecule has 1 aliphatic rings. The quantitative estimate of drug-likeness (QED) is 0.790. The van der Waals surface area contributed by atoms with Crippen molar-refractivity contribution in [3.8, 4) is 6.07 Å². The maximum Gasteiger partial charge on any atom is 0.0931 e. The lowest BCUT2D eigenvalue weighted by Crippen LogP contribution is -2.26. The van der Waals surface area contributed by atoms with Gasteiger partial charge in [-0.15, -0.1) is 11.3 Å². The van der Waals surface area contributed by atoms with E-state index in [0.717, 1.165) is 17.4 Å². The van der Waals surface area contributed by atoms with E-state index in [4.69, 9.17) is 16.9 Å². The summed E-state index contributed by atoms with van der Waals surface area (Å²) in [5, 5.41) is 8.59. The molecule has 0 saturated heterocycles. The molecular weight excluding hydrogens is 228 g/mol. The van der Waals surface area contributed by atoms with E-state index in [1.54, 1.807) is 11.3 Å². The maximum absolute atomic E-state index is 8.59. The number of nitrogens with zero attached hydrogens (tertiary/aromatic N) is 2. The van der Waals surface area contributed by atoms with Gasteiger partial charge in [-0.05, 0) is 25.0 Å². The Morgan fingerprint density at radius 1 is 1.53 bits per heavy atom. The van der Waals surface area contributed by atoms with Crippen LogP contribution < -0.4 is 0 Å². The van der Waals surface area contributed by atoms with Gasteiger partial charge in [0.05, 0.1) is 10.4 Å². The Morgan fingerprint density at radius 2 is 2.33 bits per heavy atom. The summed E-state index contributed by atoms with van der Waals surface area (Å²) >= 11 is 7.53. The molecule has 1 aliphatic carbocycles. The zero-order valence-corrected chi connectivity index (χ0v) is 10.0. The predicted molar refractivity (Wildman–Crippen MR) is 63.0 cm³/mol. The second-order valence-corrected chi connectivity index (χ2v) is 5.62. The topological polar surface area (TPSA) is 27.0 Å². The second kappa shape index (κ2) is 4.98. The number of rotatable bonds is 5. The lowest BCUT2D eigenvalue weighted by Gasteiger charge is -2.19. The average Bonchev–Trinajstić information content (AvgIpc) is 2.98. The van der Waals surface area contributed by atoms with Gasteiger partial charge in [-0.1, -0.05) is 11.6 Å². The van der Waals surface area contributed by atoms with Crippen LogP contribution in [0.4, 0.5) is 0 Å². The summed E-state index contributed by atoms with van der Waals surface area (Å²) in [6.45, 7) is 1.83. The molecule has 0 bridgehead atoms. The number of thiophene rings is 1. The number of halogens is 1. The van der Waals surface area contributed by atoms with Crippen molar-refractivity contribution in [2.75, 3.05) is 6.54 Å². The van der Waals surface area contributed by atoms with E-state index in [9.17, 15) is 0 Å². The minimum absolute atomic E-state index is 0.621. The SMILES string of the molecule is N#CCCN(Cc1ccc(Cl)s1)C1CC1. The van der Waals surface area contributed by atoms with Crippen molar-refractivity contribution in [1.82, 2.24) is 4.90 Å². The molecule has 1 fully saturated rings. The summed E-state index contributed by atoms with van der Waals surface area (Å²) < 4.78 is 0.848. The summed E-state index contributed by atoms with van der Waals surface area (Å²) in [5.41, 5.74) is 0. The molecule has 0 atom stereocenters. The van der Waals surface area contributed by atoms with Gasteiger partial charge >= 0.3 is 0 Å². The van der Waals surface area contributed by atoms with E-state index < -0.39 is 0 Å². The lowest BCUT2D eigenvalue weighted by molar-refractivity contribution is 0.263. The van der Waals surface area contributed by atoms with Crippen molar-refractivity contribution >= 4 is 22.9 Å². The van der Waals surface area contributed by atoms with Crippen LogP contribution in [0.15, 0.2) is 12.1 Å². The van der Waals surface area contributed by atoms with E-state index in [0.29, 0.717) is 12.5 Å².